The third kappa shape index (κ3) is 7.14. The van der Waals surface area contributed by atoms with Crippen molar-refractivity contribution >= 4 is 28.7 Å². The molecule has 0 fully saturated rings. The predicted molar refractivity (Wildman–Crippen MR) is 143 cm³/mol. The number of nitrogens with one attached hydrogen (secondary N) is 3. The largest absolute Gasteiger partial charge is 0.445 e. The maximum atomic E-state index is 13.5. The second kappa shape index (κ2) is 13.0. The van der Waals surface area contributed by atoms with Crippen molar-refractivity contribution in [2.24, 2.45) is 5.84 Å². The Bertz CT molecular complexity index is 1380. The fourth-order valence-electron chi connectivity index (χ4n) is 4.12. The first-order valence-corrected chi connectivity index (χ1v) is 12.2. The van der Waals surface area contributed by atoms with Crippen molar-refractivity contribution in [3.8, 4) is 0 Å². The minimum atomic E-state index is -1.03. The van der Waals surface area contributed by atoms with Crippen molar-refractivity contribution in [1.29, 1.82) is 0 Å². The summed E-state index contributed by atoms with van der Waals surface area (Å²) in [5, 5.41) is 7.36. The van der Waals surface area contributed by atoms with Gasteiger partial charge in [0.25, 0.3) is 5.91 Å². The molecule has 5 N–H and O–H groups in total. The number of pyridine rings is 1. The number of carbonyl (C=O) groups excluding carboxylic acids is 3. The number of alkyl carbamates (subject to hydrolysis) is 1. The van der Waals surface area contributed by atoms with E-state index in [1.54, 1.807) is 24.4 Å². The van der Waals surface area contributed by atoms with Crippen LogP contribution in [0.3, 0.4) is 0 Å². The van der Waals surface area contributed by atoms with Gasteiger partial charge in [0.1, 0.15) is 18.7 Å². The van der Waals surface area contributed by atoms with Gasteiger partial charge in [0.15, 0.2) is 0 Å². The van der Waals surface area contributed by atoms with Gasteiger partial charge < -0.3 is 15.4 Å². The molecule has 2 atom stereocenters. The summed E-state index contributed by atoms with van der Waals surface area (Å²) in [4.78, 5) is 42.9. The van der Waals surface area contributed by atoms with E-state index in [4.69, 9.17) is 10.6 Å². The molecule has 3 amide bonds. The Kier molecular flexibility index (Phi) is 8.98. The number of aromatic nitrogens is 1. The third-order valence-corrected chi connectivity index (χ3v) is 6.04. The maximum absolute atomic E-state index is 13.5. The van der Waals surface area contributed by atoms with Gasteiger partial charge in [-0.15, -0.1) is 0 Å². The van der Waals surface area contributed by atoms with E-state index in [2.05, 4.69) is 21.0 Å². The summed E-state index contributed by atoms with van der Waals surface area (Å²) in [5.74, 6) is 4.24. The standard InChI is InChI=1S/C29H29N5O4/c30-34-28(36)26(18-23-14-6-7-16-31-23)32-27(35)25(33-29(37)38-19-20-9-2-1-3-10-20)17-22-13-8-12-21-11-4-5-15-24(21)22/h1-16,25-26H,17-19,30H2,(H,32,35)(H,33,37)(H,34,36). The number of nitrogens with zero attached hydrogens (tertiary/aromatic N) is 1. The average Bonchev–Trinajstić information content (AvgIpc) is 2.96. The minimum absolute atomic E-state index is 0.0488. The van der Waals surface area contributed by atoms with Crippen molar-refractivity contribution in [1.82, 2.24) is 21.0 Å². The van der Waals surface area contributed by atoms with Crippen LogP contribution in [0.1, 0.15) is 16.8 Å². The van der Waals surface area contributed by atoms with Gasteiger partial charge in [-0.3, -0.25) is 20.0 Å². The number of rotatable bonds is 10. The van der Waals surface area contributed by atoms with Crippen molar-refractivity contribution in [3.05, 3.63) is 114 Å². The molecule has 0 aliphatic heterocycles. The van der Waals surface area contributed by atoms with Gasteiger partial charge in [-0.2, -0.15) is 0 Å². The van der Waals surface area contributed by atoms with Crippen molar-refractivity contribution in [3.63, 3.8) is 0 Å². The molecule has 0 aliphatic rings. The van der Waals surface area contributed by atoms with Gasteiger partial charge in [-0.25, -0.2) is 10.6 Å². The van der Waals surface area contributed by atoms with Crippen LogP contribution in [0, 0.1) is 0 Å². The van der Waals surface area contributed by atoms with Crippen LogP contribution in [0.15, 0.2) is 97.2 Å². The molecule has 0 bridgehead atoms. The van der Waals surface area contributed by atoms with Crippen LogP contribution in [0.4, 0.5) is 4.79 Å². The second-order valence-electron chi connectivity index (χ2n) is 8.70. The molecule has 4 rings (SSSR count). The molecule has 1 heterocycles. The minimum Gasteiger partial charge on any atom is -0.445 e. The van der Waals surface area contributed by atoms with Crippen LogP contribution in [0.2, 0.25) is 0 Å². The van der Waals surface area contributed by atoms with Gasteiger partial charge in [0.2, 0.25) is 5.91 Å². The lowest BCUT2D eigenvalue weighted by molar-refractivity contribution is -0.130. The van der Waals surface area contributed by atoms with Gasteiger partial charge in [0.05, 0.1) is 0 Å². The molecule has 0 saturated heterocycles. The van der Waals surface area contributed by atoms with Gasteiger partial charge in [0, 0.05) is 24.7 Å². The highest BCUT2D eigenvalue weighted by Crippen LogP contribution is 2.20. The summed E-state index contributed by atoms with van der Waals surface area (Å²) in [6.07, 6.45) is 1.14. The molecule has 9 nitrogen and oxygen atoms in total. The summed E-state index contributed by atoms with van der Waals surface area (Å²) >= 11 is 0. The van der Waals surface area contributed by atoms with Crippen molar-refractivity contribution in [2.45, 2.75) is 31.5 Å². The number of fused-ring (bicyclic) bond motifs is 1. The predicted octanol–water partition coefficient (Wildman–Crippen LogP) is 2.79. The van der Waals surface area contributed by atoms with E-state index in [-0.39, 0.29) is 19.4 Å². The Balaban J connectivity index is 1.54. The number of benzene rings is 3. The Morgan fingerprint density at radius 1 is 0.763 bits per heavy atom. The van der Waals surface area contributed by atoms with E-state index in [9.17, 15) is 14.4 Å². The molecule has 3 aromatic carbocycles. The lowest BCUT2D eigenvalue weighted by atomic mass is 9.98. The van der Waals surface area contributed by atoms with E-state index >= 15 is 0 Å². The van der Waals surface area contributed by atoms with Crippen LogP contribution < -0.4 is 21.9 Å². The highest BCUT2D eigenvalue weighted by Gasteiger charge is 2.28. The topological polar surface area (TPSA) is 135 Å². The third-order valence-electron chi connectivity index (χ3n) is 6.04. The molecule has 0 saturated carbocycles. The number of hydrogen-bond donors (Lipinski definition) is 4. The maximum Gasteiger partial charge on any atom is 0.408 e. The normalized spacial score (nSPS) is 12.2. The SMILES string of the molecule is NNC(=O)C(Cc1ccccn1)NC(=O)C(Cc1cccc2ccccc12)NC(=O)OCc1ccccc1. The first kappa shape index (κ1) is 26.3. The van der Waals surface area contributed by atoms with E-state index in [1.165, 1.54) is 0 Å². The fourth-order valence-corrected chi connectivity index (χ4v) is 4.12. The van der Waals surface area contributed by atoms with Gasteiger partial charge in [-0.05, 0) is 34.0 Å². The second-order valence-corrected chi connectivity index (χ2v) is 8.70. The molecule has 2 unspecified atom stereocenters. The van der Waals surface area contributed by atoms with Gasteiger partial charge >= 0.3 is 6.09 Å². The number of nitrogens with two attached hydrogens (primary N) is 1. The fraction of sp³-hybridized carbons (Fsp3) is 0.172. The van der Waals surface area contributed by atoms with Gasteiger partial charge in [-0.1, -0.05) is 78.9 Å². The van der Waals surface area contributed by atoms with E-state index in [0.29, 0.717) is 5.69 Å². The number of hydrazine groups is 1. The highest BCUT2D eigenvalue weighted by molar-refractivity contribution is 5.92. The van der Waals surface area contributed by atoms with E-state index in [0.717, 1.165) is 21.9 Å². The number of carbonyl (C=O) groups is 3. The number of hydrogen-bond acceptors (Lipinski definition) is 6. The zero-order valence-electron chi connectivity index (χ0n) is 20.7. The Labute approximate surface area is 220 Å². The van der Waals surface area contributed by atoms with E-state index < -0.39 is 30.0 Å². The summed E-state index contributed by atoms with van der Waals surface area (Å²) in [6, 6.07) is 26.0. The van der Waals surface area contributed by atoms with Crippen LogP contribution in [-0.2, 0) is 33.8 Å². The molecule has 4 aromatic rings. The van der Waals surface area contributed by atoms with Crippen LogP contribution >= 0.6 is 0 Å². The zero-order valence-corrected chi connectivity index (χ0v) is 20.7. The molecule has 194 valence electrons. The molecular formula is C29H29N5O4. The zero-order chi connectivity index (χ0) is 26.7. The summed E-state index contributed by atoms with van der Waals surface area (Å²) in [5.41, 5.74) is 4.36. The Hall–Kier alpha value is -4.76. The van der Waals surface area contributed by atoms with E-state index in [1.807, 2.05) is 72.8 Å². The average molecular weight is 512 g/mol. The Morgan fingerprint density at radius 3 is 2.24 bits per heavy atom. The summed E-state index contributed by atoms with van der Waals surface area (Å²) < 4.78 is 5.36. The molecule has 0 spiro atoms. The summed E-state index contributed by atoms with van der Waals surface area (Å²) in [7, 11) is 0. The molecule has 38 heavy (non-hydrogen) atoms. The lowest BCUT2D eigenvalue weighted by Crippen LogP contribution is -2.56. The number of ether oxygens (including phenoxy) is 1. The van der Waals surface area contributed by atoms with Crippen LogP contribution in [0.25, 0.3) is 10.8 Å². The quantitative estimate of drug-likeness (QED) is 0.147. The van der Waals surface area contributed by atoms with Crippen molar-refractivity contribution in [2.75, 3.05) is 0 Å². The van der Waals surface area contributed by atoms with Crippen LogP contribution in [-0.4, -0.2) is 35.0 Å². The molecule has 9 heteroatoms. The first-order chi connectivity index (χ1) is 18.5. The number of amides is 3. The summed E-state index contributed by atoms with van der Waals surface area (Å²) in [6.45, 7) is 0.0488. The molecule has 0 aliphatic carbocycles. The first-order valence-electron chi connectivity index (χ1n) is 12.2. The molecule has 0 radical (unpaired) electrons. The lowest BCUT2D eigenvalue weighted by Gasteiger charge is -2.23. The highest BCUT2D eigenvalue weighted by atomic mass is 16.5. The van der Waals surface area contributed by atoms with Crippen molar-refractivity contribution < 1.29 is 19.1 Å². The Morgan fingerprint density at radius 2 is 1.47 bits per heavy atom. The van der Waals surface area contributed by atoms with Crippen LogP contribution in [0.5, 0.6) is 0 Å². The molecular weight excluding hydrogens is 482 g/mol. The monoisotopic (exact) mass is 511 g/mol. The smallest absolute Gasteiger partial charge is 0.408 e. The molecule has 1 aromatic heterocycles.